The summed E-state index contributed by atoms with van der Waals surface area (Å²) in [5, 5.41) is 0. The number of rotatable bonds is 4. The Morgan fingerprint density at radius 2 is 1.52 bits per heavy atom. The van der Waals surface area contributed by atoms with Crippen molar-refractivity contribution >= 4 is 39.1 Å². The van der Waals surface area contributed by atoms with E-state index in [9.17, 15) is 9.59 Å². The Kier molecular flexibility index (Phi) is 5.55. The molecule has 0 aliphatic heterocycles. The molecule has 23 heavy (non-hydrogen) atoms. The van der Waals surface area contributed by atoms with Crippen LogP contribution in [0.5, 0.6) is 0 Å². The minimum atomic E-state index is -0.0307. The Hall–Kier alpha value is -2.14. The predicted octanol–water partition coefficient (Wildman–Crippen LogP) is 3.64. The maximum absolute atomic E-state index is 12.4. The highest BCUT2D eigenvalue weighted by atomic mass is 79.9. The van der Waals surface area contributed by atoms with E-state index >= 15 is 0 Å². The molecule has 0 radical (unpaired) electrons. The smallest absolute Gasteiger partial charge is 0.231 e. The van der Waals surface area contributed by atoms with Crippen LogP contribution in [0.4, 0.5) is 11.4 Å². The number of hydrogen-bond donors (Lipinski definition) is 0. The molecule has 0 aliphatic carbocycles. The number of hydrogen-bond acceptors (Lipinski definition) is 2. The third-order valence-electron chi connectivity index (χ3n) is 3.72. The average Bonchev–Trinajstić information content (AvgIpc) is 2.53. The van der Waals surface area contributed by atoms with E-state index in [-0.39, 0.29) is 11.8 Å². The summed E-state index contributed by atoms with van der Waals surface area (Å²) in [6.07, 6.45) is 0.338. The number of likely N-dealkylation sites (N-methyl/N-ethyl adjacent to an activating group) is 1. The average molecular weight is 375 g/mol. The van der Waals surface area contributed by atoms with Gasteiger partial charge in [0.15, 0.2) is 0 Å². The molecule has 2 amide bonds. The Balaban J connectivity index is 2.09. The van der Waals surface area contributed by atoms with E-state index in [0.717, 1.165) is 21.4 Å². The van der Waals surface area contributed by atoms with E-state index in [0.29, 0.717) is 6.42 Å². The van der Waals surface area contributed by atoms with Gasteiger partial charge in [0.2, 0.25) is 11.8 Å². The second kappa shape index (κ2) is 7.42. The van der Waals surface area contributed by atoms with Crippen LogP contribution in [0.3, 0.4) is 0 Å². The molecule has 0 fully saturated rings. The summed E-state index contributed by atoms with van der Waals surface area (Å²) in [7, 11) is 3.48. The van der Waals surface area contributed by atoms with Gasteiger partial charge in [-0.15, -0.1) is 0 Å². The molecule has 0 bridgehead atoms. The fourth-order valence-corrected chi connectivity index (χ4v) is 2.61. The van der Waals surface area contributed by atoms with Crippen LogP contribution in [0.1, 0.15) is 12.5 Å². The number of amides is 2. The van der Waals surface area contributed by atoms with Crippen molar-refractivity contribution in [3.05, 3.63) is 58.6 Å². The summed E-state index contributed by atoms with van der Waals surface area (Å²) in [6.45, 7) is 1.52. The Morgan fingerprint density at radius 3 is 2.04 bits per heavy atom. The number of anilines is 2. The quantitative estimate of drug-likeness (QED) is 0.819. The zero-order chi connectivity index (χ0) is 17.0. The molecule has 0 atom stereocenters. The normalized spacial score (nSPS) is 10.3. The van der Waals surface area contributed by atoms with Crippen molar-refractivity contribution in [1.29, 1.82) is 0 Å². The van der Waals surface area contributed by atoms with Gasteiger partial charge in [0, 0.05) is 36.9 Å². The van der Waals surface area contributed by atoms with Crippen molar-refractivity contribution in [3.63, 3.8) is 0 Å². The van der Waals surface area contributed by atoms with Gasteiger partial charge in [0.25, 0.3) is 0 Å². The standard InChI is InChI=1S/C18H19BrN2O2/c1-13(22)20(2)16-7-9-17(10-8-16)21(3)18(23)12-14-5-4-6-15(19)11-14/h4-11H,12H2,1-3H3. The molecule has 2 rings (SSSR count). The topological polar surface area (TPSA) is 40.6 Å². The minimum absolute atomic E-state index is 0.00997. The monoisotopic (exact) mass is 374 g/mol. The minimum Gasteiger partial charge on any atom is -0.316 e. The number of carbonyl (C=O) groups excluding carboxylic acids is 2. The van der Waals surface area contributed by atoms with Crippen LogP contribution in [0.25, 0.3) is 0 Å². The number of halogens is 1. The Bertz CT molecular complexity index is 713. The van der Waals surface area contributed by atoms with Gasteiger partial charge in [-0.05, 0) is 42.0 Å². The van der Waals surface area contributed by atoms with Crippen LogP contribution in [0.2, 0.25) is 0 Å². The van der Waals surface area contributed by atoms with Gasteiger partial charge in [-0.25, -0.2) is 0 Å². The summed E-state index contributed by atoms with van der Waals surface area (Å²) in [5.74, 6) is -0.0207. The first-order valence-electron chi connectivity index (χ1n) is 7.24. The molecule has 2 aromatic rings. The maximum atomic E-state index is 12.4. The van der Waals surface area contributed by atoms with Crippen LogP contribution in [0, 0.1) is 0 Å². The fraction of sp³-hybridized carbons (Fsp3) is 0.222. The van der Waals surface area contributed by atoms with Crippen LogP contribution in [0.15, 0.2) is 53.0 Å². The summed E-state index contributed by atoms with van der Waals surface area (Å²) in [4.78, 5) is 26.9. The van der Waals surface area contributed by atoms with Crippen LogP contribution < -0.4 is 9.80 Å². The molecule has 0 N–H and O–H groups in total. The second-order valence-corrected chi connectivity index (χ2v) is 6.27. The van der Waals surface area contributed by atoms with Gasteiger partial charge in [-0.3, -0.25) is 9.59 Å². The third kappa shape index (κ3) is 4.42. The van der Waals surface area contributed by atoms with E-state index in [4.69, 9.17) is 0 Å². The lowest BCUT2D eigenvalue weighted by Gasteiger charge is -2.20. The van der Waals surface area contributed by atoms with E-state index in [1.54, 1.807) is 23.9 Å². The van der Waals surface area contributed by atoms with Crippen molar-refractivity contribution in [1.82, 2.24) is 0 Å². The second-order valence-electron chi connectivity index (χ2n) is 5.35. The molecule has 5 heteroatoms. The van der Waals surface area contributed by atoms with Gasteiger partial charge < -0.3 is 9.80 Å². The first kappa shape index (κ1) is 17.2. The lowest BCUT2D eigenvalue weighted by molar-refractivity contribution is -0.118. The van der Waals surface area contributed by atoms with Crippen LogP contribution in [-0.4, -0.2) is 25.9 Å². The Labute approximate surface area is 144 Å². The molecule has 0 spiro atoms. The van der Waals surface area contributed by atoms with Gasteiger partial charge in [0.05, 0.1) is 6.42 Å². The maximum Gasteiger partial charge on any atom is 0.231 e. The molecule has 4 nitrogen and oxygen atoms in total. The first-order valence-corrected chi connectivity index (χ1v) is 8.03. The number of carbonyl (C=O) groups is 2. The third-order valence-corrected chi connectivity index (χ3v) is 4.21. The summed E-state index contributed by atoms with van der Waals surface area (Å²) in [5.41, 5.74) is 2.56. The summed E-state index contributed by atoms with van der Waals surface area (Å²) >= 11 is 3.41. The van der Waals surface area contributed by atoms with Crippen molar-refractivity contribution < 1.29 is 9.59 Å². The predicted molar refractivity (Wildman–Crippen MR) is 96.8 cm³/mol. The molecule has 2 aromatic carbocycles. The van der Waals surface area contributed by atoms with Crippen molar-refractivity contribution in [3.8, 4) is 0 Å². The molecule has 0 aliphatic rings. The van der Waals surface area contributed by atoms with Gasteiger partial charge >= 0.3 is 0 Å². The molecule has 0 saturated heterocycles. The van der Waals surface area contributed by atoms with E-state index < -0.39 is 0 Å². The fourth-order valence-electron chi connectivity index (χ4n) is 2.17. The first-order chi connectivity index (χ1) is 10.9. The van der Waals surface area contributed by atoms with Crippen LogP contribution in [-0.2, 0) is 16.0 Å². The highest BCUT2D eigenvalue weighted by molar-refractivity contribution is 9.10. The molecular formula is C18H19BrN2O2. The zero-order valence-corrected chi connectivity index (χ0v) is 15.0. The molecule has 0 aromatic heterocycles. The molecule has 0 unspecified atom stereocenters. The molecule has 0 heterocycles. The van der Waals surface area contributed by atoms with Gasteiger partial charge in [0.1, 0.15) is 0 Å². The van der Waals surface area contributed by atoms with E-state index in [1.165, 1.54) is 6.92 Å². The molecule has 0 saturated carbocycles. The van der Waals surface area contributed by atoms with Crippen molar-refractivity contribution in [2.75, 3.05) is 23.9 Å². The lowest BCUT2D eigenvalue weighted by Crippen LogP contribution is -2.28. The zero-order valence-electron chi connectivity index (χ0n) is 13.4. The van der Waals surface area contributed by atoms with E-state index in [1.807, 2.05) is 48.5 Å². The number of nitrogens with zero attached hydrogens (tertiary/aromatic N) is 2. The SMILES string of the molecule is CC(=O)N(C)c1ccc(N(C)C(=O)Cc2cccc(Br)c2)cc1. The largest absolute Gasteiger partial charge is 0.316 e. The van der Waals surface area contributed by atoms with E-state index in [2.05, 4.69) is 15.9 Å². The summed E-state index contributed by atoms with van der Waals surface area (Å²) < 4.78 is 0.960. The highest BCUT2D eigenvalue weighted by Crippen LogP contribution is 2.20. The summed E-state index contributed by atoms with van der Waals surface area (Å²) in [6, 6.07) is 15.1. The van der Waals surface area contributed by atoms with Crippen molar-refractivity contribution in [2.45, 2.75) is 13.3 Å². The van der Waals surface area contributed by atoms with Gasteiger partial charge in [-0.1, -0.05) is 28.1 Å². The highest BCUT2D eigenvalue weighted by Gasteiger charge is 2.13. The van der Waals surface area contributed by atoms with Crippen LogP contribution >= 0.6 is 15.9 Å². The molecular weight excluding hydrogens is 356 g/mol. The van der Waals surface area contributed by atoms with Gasteiger partial charge in [-0.2, -0.15) is 0 Å². The molecule has 120 valence electrons. The number of benzene rings is 2. The Morgan fingerprint density at radius 1 is 0.957 bits per heavy atom. The van der Waals surface area contributed by atoms with Crippen molar-refractivity contribution in [2.24, 2.45) is 0 Å². The lowest BCUT2D eigenvalue weighted by atomic mass is 10.1.